The minimum atomic E-state index is -1.07. The fourth-order valence-electron chi connectivity index (χ4n) is 2.32. The van der Waals surface area contributed by atoms with Crippen LogP contribution in [-0.4, -0.2) is 40.3 Å². The molecule has 1 aromatic carbocycles. The van der Waals surface area contributed by atoms with Crippen molar-refractivity contribution in [2.75, 3.05) is 13.6 Å². The number of fused-ring (bicyclic) bond motifs is 1. The molecule has 0 bridgehead atoms. The van der Waals surface area contributed by atoms with Gasteiger partial charge in [-0.15, -0.1) is 0 Å². The van der Waals surface area contributed by atoms with Crippen molar-refractivity contribution >= 4 is 16.9 Å². The van der Waals surface area contributed by atoms with Crippen molar-refractivity contribution in [1.29, 1.82) is 0 Å². The van der Waals surface area contributed by atoms with E-state index < -0.39 is 11.6 Å². The highest BCUT2D eigenvalue weighted by atomic mass is 16.4. The minimum Gasteiger partial charge on any atom is -0.475 e. The minimum absolute atomic E-state index is 0.0537. The molecule has 5 heteroatoms. The summed E-state index contributed by atoms with van der Waals surface area (Å²) in [4.78, 5) is 12.9. The highest BCUT2D eigenvalue weighted by Crippen LogP contribution is 2.21. The Kier molecular flexibility index (Phi) is 3.83. The number of nitrogens with zero attached hydrogens (tertiary/aromatic N) is 1. The second-order valence-corrected chi connectivity index (χ2v) is 5.77. The first-order chi connectivity index (χ1) is 9.24. The maximum atomic E-state index is 10.9. The third-order valence-corrected chi connectivity index (χ3v) is 2.90. The predicted molar refractivity (Wildman–Crippen MR) is 75.8 cm³/mol. The van der Waals surface area contributed by atoms with Gasteiger partial charge in [0.15, 0.2) is 0 Å². The summed E-state index contributed by atoms with van der Waals surface area (Å²) >= 11 is 0. The number of likely N-dealkylation sites (N-methyl/N-ethyl adjacent to an activating group) is 1. The number of hydrogen-bond acceptors (Lipinski definition) is 4. The summed E-state index contributed by atoms with van der Waals surface area (Å²) in [5.74, 6) is -1.12. The topological polar surface area (TPSA) is 73.9 Å². The number of benzene rings is 1. The summed E-state index contributed by atoms with van der Waals surface area (Å²) in [5.41, 5.74) is 0.864. The van der Waals surface area contributed by atoms with Gasteiger partial charge in [0, 0.05) is 18.5 Å². The number of hydrogen-bond donors (Lipinski definition) is 2. The normalized spacial score (nSPS) is 12.2. The molecule has 108 valence electrons. The van der Waals surface area contributed by atoms with Crippen LogP contribution in [0.3, 0.4) is 0 Å². The van der Waals surface area contributed by atoms with Crippen molar-refractivity contribution in [2.45, 2.75) is 26.0 Å². The van der Waals surface area contributed by atoms with Gasteiger partial charge >= 0.3 is 5.97 Å². The van der Waals surface area contributed by atoms with Gasteiger partial charge in [0.05, 0.1) is 5.60 Å². The molecule has 0 unspecified atom stereocenters. The van der Waals surface area contributed by atoms with Crippen molar-refractivity contribution in [3.8, 4) is 0 Å². The zero-order valence-electron chi connectivity index (χ0n) is 11.9. The fourth-order valence-corrected chi connectivity index (χ4v) is 2.32. The first kappa shape index (κ1) is 14.6. The summed E-state index contributed by atoms with van der Waals surface area (Å²) in [7, 11) is 1.93. The van der Waals surface area contributed by atoms with E-state index in [9.17, 15) is 9.90 Å². The Morgan fingerprint density at radius 1 is 1.35 bits per heavy atom. The van der Waals surface area contributed by atoms with Gasteiger partial charge in [-0.3, -0.25) is 4.90 Å². The van der Waals surface area contributed by atoms with E-state index in [0.29, 0.717) is 18.7 Å². The van der Waals surface area contributed by atoms with Crippen LogP contribution in [0.1, 0.15) is 30.0 Å². The Hall–Kier alpha value is -1.85. The molecule has 0 aliphatic heterocycles. The van der Waals surface area contributed by atoms with Gasteiger partial charge in [-0.05, 0) is 44.7 Å². The van der Waals surface area contributed by atoms with Gasteiger partial charge in [-0.25, -0.2) is 4.79 Å². The van der Waals surface area contributed by atoms with Crippen LogP contribution in [0.15, 0.2) is 28.7 Å². The number of furan rings is 1. The third-order valence-electron chi connectivity index (χ3n) is 2.90. The molecule has 0 aliphatic carbocycles. The van der Waals surface area contributed by atoms with Gasteiger partial charge in [0.2, 0.25) is 5.76 Å². The van der Waals surface area contributed by atoms with E-state index in [-0.39, 0.29) is 5.76 Å². The van der Waals surface area contributed by atoms with Crippen molar-refractivity contribution in [2.24, 2.45) is 0 Å². The molecular formula is C15H19NO4. The largest absolute Gasteiger partial charge is 0.475 e. The smallest absolute Gasteiger partial charge is 0.371 e. The second kappa shape index (κ2) is 5.26. The Labute approximate surface area is 117 Å². The Bertz CT molecular complexity index is 624. The van der Waals surface area contributed by atoms with E-state index in [4.69, 9.17) is 9.52 Å². The van der Waals surface area contributed by atoms with E-state index >= 15 is 0 Å². The van der Waals surface area contributed by atoms with Crippen LogP contribution in [-0.2, 0) is 6.54 Å². The van der Waals surface area contributed by atoms with Crippen molar-refractivity contribution in [3.05, 3.63) is 35.6 Å². The number of carboxylic acids is 1. The number of carboxylic acid groups (broad SMARTS) is 1. The van der Waals surface area contributed by atoms with E-state index in [1.165, 1.54) is 6.07 Å². The number of aliphatic hydroxyl groups is 1. The summed E-state index contributed by atoms with van der Waals surface area (Å²) < 4.78 is 5.22. The highest BCUT2D eigenvalue weighted by molar-refractivity contribution is 5.91. The summed E-state index contributed by atoms with van der Waals surface area (Å²) in [6, 6.07) is 7.11. The lowest BCUT2D eigenvalue weighted by Gasteiger charge is -2.25. The monoisotopic (exact) mass is 277 g/mol. The third kappa shape index (κ3) is 3.59. The lowest BCUT2D eigenvalue weighted by Crippen LogP contribution is -2.35. The summed E-state index contributed by atoms with van der Waals surface area (Å²) in [6.45, 7) is 4.76. The molecule has 2 aromatic rings. The van der Waals surface area contributed by atoms with Gasteiger partial charge in [0.1, 0.15) is 5.58 Å². The van der Waals surface area contributed by atoms with Gasteiger partial charge < -0.3 is 14.6 Å². The summed E-state index contributed by atoms with van der Waals surface area (Å²) in [6.07, 6.45) is 0. The Morgan fingerprint density at radius 3 is 2.65 bits per heavy atom. The average molecular weight is 277 g/mol. The lowest BCUT2D eigenvalue weighted by atomic mass is 10.1. The quantitative estimate of drug-likeness (QED) is 0.877. The molecule has 2 N–H and O–H groups in total. The van der Waals surface area contributed by atoms with Gasteiger partial charge in [-0.2, -0.15) is 0 Å². The van der Waals surface area contributed by atoms with E-state index in [0.717, 1.165) is 10.9 Å². The fraction of sp³-hybridized carbons (Fsp3) is 0.400. The van der Waals surface area contributed by atoms with Gasteiger partial charge in [-0.1, -0.05) is 6.07 Å². The molecule has 5 nitrogen and oxygen atoms in total. The molecule has 0 saturated heterocycles. The van der Waals surface area contributed by atoms with Crippen LogP contribution in [0, 0.1) is 0 Å². The standard InChI is InChI=1S/C15H19NO4/c1-15(2,19)9-16(3)8-10-4-5-12-11(6-10)7-13(20-12)14(17)18/h4-7,19H,8-9H2,1-3H3,(H,17,18). The number of carbonyl (C=O) groups is 1. The molecular weight excluding hydrogens is 258 g/mol. The average Bonchev–Trinajstić information content (AvgIpc) is 2.69. The maximum absolute atomic E-state index is 10.9. The molecule has 0 aliphatic rings. The van der Waals surface area contributed by atoms with Crippen LogP contribution in [0.5, 0.6) is 0 Å². The predicted octanol–water partition coefficient (Wildman–Crippen LogP) is 2.33. The molecule has 2 rings (SSSR count). The first-order valence-electron chi connectivity index (χ1n) is 6.41. The highest BCUT2D eigenvalue weighted by Gasteiger charge is 2.16. The van der Waals surface area contributed by atoms with Crippen LogP contribution in [0.25, 0.3) is 11.0 Å². The first-order valence-corrected chi connectivity index (χ1v) is 6.41. The van der Waals surface area contributed by atoms with Crippen LogP contribution >= 0.6 is 0 Å². The Balaban J connectivity index is 2.17. The molecule has 0 saturated carbocycles. The molecule has 1 heterocycles. The van der Waals surface area contributed by atoms with Crippen molar-refractivity contribution < 1.29 is 19.4 Å². The second-order valence-electron chi connectivity index (χ2n) is 5.77. The van der Waals surface area contributed by atoms with E-state index in [1.807, 2.05) is 24.1 Å². The zero-order valence-corrected chi connectivity index (χ0v) is 11.9. The van der Waals surface area contributed by atoms with Crippen molar-refractivity contribution in [1.82, 2.24) is 4.90 Å². The number of rotatable bonds is 5. The summed E-state index contributed by atoms with van der Waals surface area (Å²) in [5, 5.41) is 19.5. The van der Waals surface area contributed by atoms with Crippen LogP contribution < -0.4 is 0 Å². The lowest BCUT2D eigenvalue weighted by molar-refractivity contribution is 0.0425. The SMILES string of the molecule is CN(Cc1ccc2oc(C(=O)O)cc2c1)CC(C)(C)O. The van der Waals surface area contributed by atoms with E-state index in [1.54, 1.807) is 19.9 Å². The molecule has 20 heavy (non-hydrogen) atoms. The molecule has 0 fully saturated rings. The van der Waals surface area contributed by atoms with E-state index in [2.05, 4.69) is 0 Å². The maximum Gasteiger partial charge on any atom is 0.371 e. The molecule has 1 aromatic heterocycles. The van der Waals surface area contributed by atoms with Gasteiger partial charge in [0.25, 0.3) is 0 Å². The van der Waals surface area contributed by atoms with Crippen LogP contribution in [0.4, 0.5) is 0 Å². The molecule has 0 atom stereocenters. The van der Waals surface area contributed by atoms with Crippen LogP contribution in [0.2, 0.25) is 0 Å². The molecule has 0 spiro atoms. The number of aromatic carboxylic acids is 1. The zero-order chi connectivity index (χ0) is 14.9. The molecule has 0 amide bonds. The molecule has 0 radical (unpaired) electrons. The Morgan fingerprint density at radius 2 is 2.05 bits per heavy atom. The van der Waals surface area contributed by atoms with Crippen molar-refractivity contribution in [3.63, 3.8) is 0 Å².